The Bertz CT molecular complexity index is 1250. The Kier molecular flexibility index (Phi) is 6.18. The van der Waals surface area contributed by atoms with Crippen molar-refractivity contribution in [2.75, 3.05) is 0 Å². The molecular weight excluding hydrogens is 426 g/mol. The van der Waals surface area contributed by atoms with Crippen molar-refractivity contribution in [1.82, 2.24) is 25.6 Å². The molecule has 3 aromatic heterocycles. The molecule has 0 atom stereocenters. The van der Waals surface area contributed by atoms with Crippen LogP contribution in [0.15, 0.2) is 54.0 Å². The molecule has 0 saturated carbocycles. The standard InChI is InChI=1S/C23H23N5O3S/c1-14(2)31-17-8-6-16(7-9-17)22(29)26-27-23(30)19-11-15(3)25-21-20(19)12-24-28(21)13-18-5-4-10-32-18/h4-12,14H,13H2,1-3H3,(H,26,29)(H,27,30). The zero-order valence-electron chi connectivity index (χ0n) is 18.0. The van der Waals surface area contributed by atoms with E-state index in [0.717, 1.165) is 4.88 Å². The average molecular weight is 450 g/mol. The third-order valence-electron chi connectivity index (χ3n) is 4.65. The van der Waals surface area contributed by atoms with Crippen LogP contribution in [0.2, 0.25) is 0 Å². The molecule has 0 aliphatic heterocycles. The van der Waals surface area contributed by atoms with Gasteiger partial charge in [-0.25, -0.2) is 9.67 Å². The number of carbonyl (C=O) groups excluding carboxylic acids is 2. The minimum atomic E-state index is -0.440. The molecule has 0 spiro atoms. The molecule has 0 unspecified atom stereocenters. The van der Waals surface area contributed by atoms with Crippen molar-refractivity contribution in [1.29, 1.82) is 0 Å². The van der Waals surface area contributed by atoms with Gasteiger partial charge in [-0.1, -0.05) is 6.07 Å². The van der Waals surface area contributed by atoms with Crippen LogP contribution in [0.1, 0.15) is 45.1 Å². The number of hydrogen-bond donors (Lipinski definition) is 2. The molecule has 4 aromatic rings. The van der Waals surface area contributed by atoms with Gasteiger partial charge in [0.05, 0.1) is 29.8 Å². The number of thiophene rings is 1. The Morgan fingerprint density at radius 2 is 1.88 bits per heavy atom. The van der Waals surface area contributed by atoms with Crippen LogP contribution in [0.3, 0.4) is 0 Å². The minimum absolute atomic E-state index is 0.0456. The zero-order chi connectivity index (χ0) is 22.7. The van der Waals surface area contributed by atoms with Crippen molar-refractivity contribution in [2.24, 2.45) is 0 Å². The number of aryl methyl sites for hydroxylation is 1. The molecule has 0 fully saturated rings. The number of benzene rings is 1. The lowest BCUT2D eigenvalue weighted by Gasteiger charge is -2.11. The molecule has 0 bridgehead atoms. The Hall–Kier alpha value is -3.72. The van der Waals surface area contributed by atoms with Gasteiger partial charge in [-0.3, -0.25) is 20.4 Å². The van der Waals surface area contributed by atoms with Crippen molar-refractivity contribution >= 4 is 34.2 Å². The second-order valence-corrected chi connectivity index (χ2v) is 8.56. The maximum atomic E-state index is 12.8. The van der Waals surface area contributed by atoms with Gasteiger partial charge in [0.2, 0.25) is 0 Å². The number of carbonyl (C=O) groups is 2. The number of rotatable bonds is 6. The summed E-state index contributed by atoms with van der Waals surface area (Å²) < 4.78 is 7.35. The lowest BCUT2D eigenvalue weighted by molar-refractivity contribution is 0.0847. The van der Waals surface area contributed by atoms with Crippen molar-refractivity contribution in [2.45, 2.75) is 33.4 Å². The SMILES string of the molecule is Cc1cc(C(=O)NNC(=O)c2ccc(OC(C)C)cc2)c2cnn(Cc3cccs3)c2n1. The molecule has 9 heteroatoms. The summed E-state index contributed by atoms with van der Waals surface area (Å²) in [6.07, 6.45) is 1.67. The fraction of sp³-hybridized carbons (Fsp3) is 0.217. The fourth-order valence-corrected chi connectivity index (χ4v) is 3.92. The minimum Gasteiger partial charge on any atom is -0.491 e. The summed E-state index contributed by atoms with van der Waals surface area (Å²) in [6.45, 7) is 6.25. The van der Waals surface area contributed by atoms with Crippen LogP contribution in [0, 0.1) is 6.92 Å². The van der Waals surface area contributed by atoms with Crippen LogP contribution in [0.25, 0.3) is 11.0 Å². The summed E-state index contributed by atoms with van der Waals surface area (Å²) in [7, 11) is 0. The maximum absolute atomic E-state index is 12.8. The summed E-state index contributed by atoms with van der Waals surface area (Å²) in [5, 5.41) is 7.03. The smallest absolute Gasteiger partial charge is 0.270 e. The number of fused-ring (bicyclic) bond motifs is 1. The van der Waals surface area contributed by atoms with Gasteiger partial charge in [-0.05, 0) is 62.5 Å². The van der Waals surface area contributed by atoms with E-state index in [1.807, 2.05) is 38.3 Å². The van der Waals surface area contributed by atoms with Gasteiger partial charge in [-0.15, -0.1) is 11.3 Å². The maximum Gasteiger partial charge on any atom is 0.270 e. The van der Waals surface area contributed by atoms with E-state index in [-0.39, 0.29) is 6.10 Å². The van der Waals surface area contributed by atoms with E-state index in [2.05, 4.69) is 20.9 Å². The Morgan fingerprint density at radius 3 is 2.56 bits per heavy atom. The van der Waals surface area contributed by atoms with Gasteiger partial charge in [0.25, 0.3) is 11.8 Å². The molecule has 0 radical (unpaired) electrons. The number of nitrogens with one attached hydrogen (secondary N) is 2. The van der Waals surface area contributed by atoms with E-state index in [1.165, 1.54) is 0 Å². The molecule has 2 N–H and O–H groups in total. The molecule has 32 heavy (non-hydrogen) atoms. The number of nitrogens with zero attached hydrogens (tertiary/aromatic N) is 3. The first-order valence-corrected chi connectivity index (χ1v) is 11.0. The highest BCUT2D eigenvalue weighted by atomic mass is 32.1. The normalized spacial score (nSPS) is 11.0. The number of aromatic nitrogens is 3. The quantitative estimate of drug-likeness (QED) is 0.437. The first-order chi connectivity index (χ1) is 15.4. The number of hydrogen-bond acceptors (Lipinski definition) is 6. The summed E-state index contributed by atoms with van der Waals surface area (Å²) in [5.74, 6) is -0.191. The third-order valence-corrected chi connectivity index (χ3v) is 5.51. The first-order valence-electron chi connectivity index (χ1n) is 10.1. The monoisotopic (exact) mass is 449 g/mol. The van der Waals surface area contributed by atoms with Crippen LogP contribution in [-0.2, 0) is 6.54 Å². The lowest BCUT2D eigenvalue weighted by Crippen LogP contribution is -2.41. The van der Waals surface area contributed by atoms with Crippen molar-refractivity contribution < 1.29 is 14.3 Å². The number of amides is 2. The molecular formula is C23H23N5O3S. The van der Waals surface area contributed by atoms with Crippen LogP contribution in [0.5, 0.6) is 5.75 Å². The summed E-state index contributed by atoms with van der Waals surface area (Å²) in [6, 6.07) is 12.4. The van der Waals surface area contributed by atoms with E-state index >= 15 is 0 Å². The van der Waals surface area contributed by atoms with Crippen molar-refractivity contribution in [3.05, 3.63) is 75.7 Å². The molecule has 0 aliphatic carbocycles. The number of hydrazine groups is 1. The molecule has 164 valence electrons. The highest BCUT2D eigenvalue weighted by Gasteiger charge is 2.17. The molecule has 1 aromatic carbocycles. The predicted molar refractivity (Wildman–Crippen MR) is 123 cm³/mol. The van der Waals surface area contributed by atoms with Gasteiger partial charge in [0.1, 0.15) is 5.75 Å². The van der Waals surface area contributed by atoms with Gasteiger partial charge >= 0.3 is 0 Å². The molecule has 0 aliphatic rings. The van der Waals surface area contributed by atoms with Gasteiger partial charge in [-0.2, -0.15) is 5.10 Å². The summed E-state index contributed by atoms with van der Waals surface area (Å²) in [4.78, 5) is 31.0. The van der Waals surface area contributed by atoms with E-state index in [1.54, 1.807) is 52.5 Å². The highest BCUT2D eigenvalue weighted by molar-refractivity contribution is 7.09. The number of ether oxygens (including phenoxy) is 1. The summed E-state index contributed by atoms with van der Waals surface area (Å²) >= 11 is 1.63. The average Bonchev–Trinajstić information content (AvgIpc) is 3.42. The molecule has 4 rings (SSSR count). The van der Waals surface area contributed by atoms with E-state index in [9.17, 15) is 9.59 Å². The number of pyridine rings is 1. The molecule has 8 nitrogen and oxygen atoms in total. The largest absolute Gasteiger partial charge is 0.491 e. The second-order valence-electron chi connectivity index (χ2n) is 7.53. The lowest BCUT2D eigenvalue weighted by atomic mass is 10.1. The van der Waals surface area contributed by atoms with Gasteiger partial charge in [0, 0.05) is 16.1 Å². The van der Waals surface area contributed by atoms with Gasteiger partial charge in [0.15, 0.2) is 5.65 Å². The Balaban J connectivity index is 1.47. The van der Waals surface area contributed by atoms with Crippen LogP contribution < -0.4 is 15.6 Å². The van der Waals surface area contributed by atoms with E-state index < -0.39 is 11.8 Å². The second kappa shape index (κ2) is 9.19. The Morgan fingerprint density at radius 1 is 1.12 bits per heavy atom. The fourth-order valence-electron chi connectivity index (χ4n) is 3.24. The summed E-state index contributed by atoms with van der Waals surface area (Å²) in [5.41, 5.74) is 7.05. The van der Waals surface area contributed by atoms with E-state index in [4.69, 9.17) is 4.74 Å². The first kappa shape index (κ1) is 21.5. The van der Waals surface area contributed by atoms with Crippen LogP contribution in [-0.4, -0.2) is 32.7 Å². The van der Waals surface area contributed by atoms with Crippen LogP contribution in [0.4, 0.5) is 0 Å². The molecule has 2 amide bonds. The predicted octanol–water partition coefficient (Wildman–Crippen LogP) is 3.71. The zero-order valence-corrected chi connectivity index (χ0v) is 18.8. The van der Waals surface area contributed by atoms with Crippen molar-refractivity contribution in [3.63, 3.8) is 0 Å². The molecule has 0 saturated heterocycles. The topological polar surface area (TPSA) is 98.1 Å². The van der Waals surface area contributed by atoms with E-state index in [0.29, 0.717) is 40.1 Å². The highest BCUT2D eigenvalue weighted by Crippen LogP contribution is 2.20. The van der Waals surface area contributed by atoms with Crippen LogP contribution >= 0.6 is 11.3 Å². The Labute approximate surface area is 189 Å². The third kappa shape index (κ3) is 4.78. The van der Waals surface area contributed by atoms with Crippen molar-refractivity contribution in [3.8, 4) is 5.75 Å². The van der Waals surface area contributed by atoms with Gasteiger partial charge < -0.3 is 4.74 Å². The molecule has 3 heterocycles.